The van der Waals surface area contributed by atoms with E-state index in [0.717, 1.165) is 22.3 Å². The summed E-state index contributed by atoms with van der Waals surface area (Å²) >= 11 is 0. The van der Waals surface area contributed by atoms with Crippen molar-refractivity contribution in [3.63, 3.8) is 0 Å². The Kier molecular flexibility index (Phi) is 5.48. The number of benzene rings is 3. The fourth-order valence-corrected chi connectivity index (χ4v) is 5.70. The van der Waals surface area contributed by atoms with Crippen LogP contribution in [0.4, 0.5) is 4.79 Å². The van der Waals surface area contributed by atoms with E-state index in [9.17, 15) is 19.2 Å². The van der Waals surface area contributed by atoms with Crippen molar-refractivity contribution in [1.82, 2.24) is 20.2 Å². The highest BCUT2D eigenvalue weighted by molar-refractivity contribution is 6.21. The van der Waals surface area contributed by atoms with Crippen LogP contribution < -0.4 is 0 Å². The monoisotopic (exact) mass is 534 g/mol. The van der Waals surface area contributed by atoms with Crippen LogP contribution in [0.25, 0.3) is 11.1 Å². The van der Waals surface area contributed by atoms with Gasteiger partial charge in [-0.2, -0.15) is 5.10 Å². The summed E-state index contributed by atoms with van der Waals surface area (Å²) < 4.78 is 5.77. The molecular formula is C30H22N4O6. The van der Waals surface area contributed by atoms with Gasteiger partial charge in [-0.3, -0.25) is 14.7 Å². The average molecular weight is 535 g/mol. The third-order valence-corrected chi connectivity index (χ3v) is 7.65. The van der Waals surface area contributed by atoms with Crippen LogP contribution in [-0.4, -0.2) is 57.2 Å². The molecular weight excluding hydrogens is 512 g/mol. The molecule has 10 heteroatoms. The normalized spacial score (nSPS) is 15.4. The Labute approximate surface area is 228 Å². The molecule has 1 N–H and O–H groups in total. The third-order valence-electron chi connectivity index (χ3n) is 7.65. The molecule has 3 aromatic carbocycles. The van der Waals surface area contributed by atoms with Crippen LogP contribution in [0.2, 0.25) is 0 Å². The van der Waals surface area contributed by atoms with E-state index in [1.807, 2.05) is 24.3 Å². The highest BCUT2D eigenvalue weighted by Crippen LogP contribution is 2.44. The minimum absolute atomic E-state index is 0.0289. The zero-order valence-corrected chi connectivity index (χ0v) is 21.1. The number of H-pyrrole nitrogens is 1. The van der Waals surface area contributed by atoms with Gasteiger partial charge in [-0.1, -0.05) is 65.7 Å². The lowest BCUT2D eigenvalue weighted by atomic mass is 9.98. The van der Waals surface area contributed by atoms with E-state index < -0.39 is 23.9 Å². The van der Waals surface area contributed by atoms with Gasteiger partial charge in [0, 0.05) is 18.0 Å². The molecule has 3 amide bonds. The molecule has 1 aromatic heterocycles. The third kappa shape index (κ3) is 3.68. The zero-order chi connectivity index (χ0) is 27.4. The number of hydrogen-bond donors (Lipinski definition) is 1. The first-order chi connectivity index (χ1) is 19.5. The Morgan fingerprint density at radius 3 is 2.05 bits per heavy atom. The zero-order valence-electron chi connectivity index (χ0n) is 21.1. The molecule has 3 heterocycles. The second kappa shape index (κ2) is 9.19. The molecule has 2 aliphatic heterocycles. The lowest BCUT2D eigenvalue weighted by Gasteiger charge is -2.27. The first-order valence-corrected chi connectivity index (χ1v) is 12.9. The Bertz CT molecular complexity index is 1650. The Morgan fingerprint density at radius 1 is 0.850 bits per heavy atom. The first kappa shape index (κ1) is 23.8. The van der Waals surface area contributed by atoms with Crippen LogP contribution in [0.5, 0.6) is 0 Å². The molecule has 0 unspecified atom stereocenters. The largest absolute Gasteiger partial charge is 0.448 e. The van der Waals surface area contributed by atoms with Crippen molar-refractivity contribution in [1.29, 1.82) is 0 Å². The number of ether oxygens (including phenoxy) is 1. The van der Waals surface area contributed by atoms with Crippen molar-refractivity contribution in [2.24, 2.45) is 0 Å². The number of nitrogens with zero attached hydrogens (tertiary/aromatic N) is 3. The van der Waals surface area contributed by atoms with Gasteiger partial charge in [0.1, 0.15) is 6.61 Å². The van der Waals surface area contributed by atoms with Gasteiger partial charge in [0.2, 0.25) is 0 Å². The molecule has 0 spiro atoms. The summed E-state index contributed by atoms with van der Waals surface area (Å²) in [5.74, 6) is -2.39. The van der Waals surface area contributed by atoms with Gasteiger partial charge in [-0.25, -0.2) is 9.59 Å². The number of hydroxylamine groups is 2. The number of aromatic amines is 1. The smallest absolute Gasteiger partial charge is 0.410 e. The Balaban J connectivity index is 1.01. The maximum Gasteiger partial charge on any atom is 0.410 e. The lowest BCUT2D eigenvalue weighted by molar-refractivity contribution is -0.0589. The maximum absolute atomic E-state index is 13.0. The van der Waals surface area contributed by atoms with Crippen molar-refractivity contribution in [2.75, 3.05) is 13.2 Å². The number of carbonyl (C=O) groups is 4. The molecule has 0 saturated heterocycles. The van der Waals surface area contributed by atoms with Gasteiger partial charge < -0.3 is 14.5 Å². The average Bonchev–Trinajstić information content (AvgIpc) is 3.63. The highest BCUT2D eigenvalue weighted by Gasteiger charge is 2.40. The molecule has 198 valence electrons. The van der Waals surface area contributed by atoms with Crippen LogP contribution in [0.3, 0.4) is 0 Å². The number of aromatic nitrogens is 2. The quantitative estimate of drug-likeness (QED) is 0.392. The number of amides is 3. The van der Waals surface area contributed by atoms with Gasteiger partial charge in [-0.15, -0.1) is 0 Å². The van der Waals surface area contributed by atoms with Crippen LogP contribution in [0, 0.1) is 0 Å². The molecule has 0 radical (unpaired) electrons. The molecule has 10 nitrogen and oxygen atoms in total. The van der Waals surface area contributed by atoms with Crippen LogP contribution in [0.15, 0.2) is 72.8 Å². The van der Waals surface area contributed by atoms with Crippen LogP contribution in [-0.2, 0) is 22.5 Å². The number of fused-ring (bicyclic) bond motifs is 5. The van der Waals surface area contributed by atoms with E-state index in [1.54, 1.807) is 17.0 Å². The Morgan fingerprint density at radius 2 is 1.43 bits per heavy atom. The molecule has 0 fully saturated rings. The van der Waals surface area contributed by atoms with Gasteiger partial charge in [-0.05, 0) is 40.8 Å². The molecule has 7 rings (SSSR count). The summed E-state index contributed by atoms with van der Waals surface area (Å²) in [6.45, 7) is 0.673. The van der Waals surface area contributed by atoms with Gasteiger partial charge in [0.25, 0.3) is 11.8 Å². The second-order valence-corrected chi connectivity index (χ2v) is 9.83. The number of hydrogen-bond acceptors (Lipinski definition) is 7. The van der Waals surface area contributed by atoms with Crippen LogP contribution in [0.1, 0.15) is 59.5 Å². The van der Waals surface area contributed by atoms with Gasteiger partial charge in [0.05, 0.1) is 23.4 Å². The topological polar surface area (TPSA) is 122 Å². The first-order valence-electron chi connectivity index (χ1n) is 12.9. The van der Waals surface area contributed by atoms with E-state index in [4.69, 9.17) is 9.57 Å². The SMILES string of the molecule is O=C(ON1C(=O)c2ccccc2C1=O)c1n[nH]c2c1CCN(C(=O)OCC1c3ccccc3-c3ccccc31)C2. The predicted octanol–water partition coefficient (Wildman–Crippen LogP) is 4.08. The van der Waals surface area contributed by atoms with Crippen LogP contribution >= 0.6 is 0 Å². The van der Waals surface area contributed by atoms with E-state index in [1.165, 1.54) is 12.1 Å². The fourth-order valence-electron chi connectivity index (χ4n) is 5.70. The second-order valence-electron chi connectivity index (χ2n) is 9.83. The summed E-state index contributed by atoms with van der Waals surface area (Å²) in [5, 5.41) is 7.31. The van der Waals surface area contributed by atoms with E-state index >= 15 is 0 Å². The van der Waals surface area contributed by atoms with Crippen molar-refractivity contribution in [3.8, 4) is 11.1 Å². The molecule has 0 saturated carbocycles. The summed E-state index contributed by atoms with van der Waals surface area (Å²) in [4.78, 5) is 57.7. The molecule has 3 aliphatic rings. The van der Waals surface area contributed by atoms with Crippen molar-refractivity contribution >= 4 is 23.9 Å². The standard InChI is InChI=1S/C30H22N4O6/c35-27-21-11-5-6-12-22(21)28(36)34(27)40-29(37)26-23-13-14-33(15-25(23)31-32-26)30(38)39-16-24-19-9-3-1-7-17(19)18-8-2-4-10-20(18)24/h1-12,24H,13-16H2,(H,31,32). The highest BCUT2D eigenvalue weighted by atomic mass is 16.7. The van der Waals surface area contributed by atoms with Gasteiger partial charge in [0.15, 0.2) is 5.69 Å². The Hall–Kier alpha value is -5.25. The number of rotatable bonds is 4. The van der Waals surface area contributed by atoms with Crippen molar-refractivity contribution in [3.05, 3.63) is 112 Å². The number of nitrogens with one attached hydrogen (secondary N) is 1. The van der Waals surface area contributed by atoms with Crippen molar-refractivity contribution in [2.45, 2.75) is 18.9 Å². The summed E-state index contributed by atoms with van der Waals surface area (Å²) in [6, 6.07) is 22.5. The minimum atomic E-state index is -0.929. The van der Waals surface area contributed by atoms with Crippen molar-refractivity contribution < 1.29 is 28.8 Å². The molecule has 0 bridgehead atoms. The lowest BCUT2D eigenvalue weighted by Crippen LogP contribution is -2.37. The number of imide groups is 1. The van der Waals surface area contributed by atoms with E-state index in [0.29, 0.717) is 29.3 Å². The maximum atomic E-state index is 13.0. The van der Waals surface area contributed by atoms with E-state index in [-0.39, 0.29) is 35.9 Å². The van der Waals surface area contributed by atoms with E-state index in [2.05, 4.69) is 34.5 Å². The fraction of sp³-hybridized carbons (Fsp3) is 0.167. The summed E-state index contributed by atoms with van der Waals surface area (Å²) in [5.41, 5.74) is 6.02. The molecule has 40 heavy (non-hydrogen) atoms. The number of carbonyl (C=O) groups excluding carboxylic acids is 4. The van der Waals surface area contributed by atoms with Gasteiger partial charge >= 0.3 is 12.1 Å². The molecule has 4 aromatic rings. The molecule has 1 aliphatic carbocycles. The molecule has 0 atom stereocenters. The minimum Gasteiger partial charge on any atom is -0.448 e. The summed E-state index contributed by atoms with van der Waals surface area (Å²) in [6.07, 6.45) is -0.139. The summed E-state index contributed by atoms with van der Waals surface area (Å²) in [7, 11) is 0. The predicted molar refractivity (Wildman–Crippen MR) is 140 cm³/mol.